The van der Waals surface area contributed by atoms with E-state index in [1.165, 1.54) is 24.3 Å². The van der Waals surface area contributed by atoms with Crippen molar-refractivity contribution in [3.05, 3.63) is 59.9 Å². The summed E-state index contributed by atoms with van der Waals surface area (Å²) >= 11 is 0. The fourth-order valence-corrected chi connectivity index (χ4v) is 3.28. The Hall–Kier alpha value is -2.94. The monoisotopic (exact) mass is 349 g/mol. The number of urea groups is 1. The molecule has 24 heavy (non-hydrogen) atoms. The molecule has 3 rings (SSSR count). The Balaban J connectivity index is 1.78. The van der Waals surface area contributed by atoms with Gasteiger partial charge in [-0.1, -0.05) is 12.1 Å². The molecular formula is C15H12FN3O4S. The van der Waals surface area contributed by atoms with Crippen LogP contribution in [-0.4, -0.2) is 20.4 Å². The molecule has 1 aliphatic rings. The molecule has 0 aromatic heterocycles. The van der Waals surface area contributed by atoms with E-state index >= 15 is 0 Å². The molecular weight excluding hydrogens is 337 g/mol. The molecule has 3 amide bonds. The summed E-state index contributed by atoms with van der Waals surface area (Å²) < 4.78 is 39.6. The number of rotatable bonds is 4. The first-order valence-electron chi connectivity index (χ1n) is 6.85. The summed E-state index contributed by atoms with van der Waals surface area (Å²) in [5.41, 5.74) is 0.788. The van der Waals surface area contributed by atoms with Gasteiger partial charge in [0.2, 0.25) is 0 Å². The Bertz CT molecular complexity index is 895. The molecule has 0 bridgehead atoms. The van der Waals surface area contributed by atoms with Gasteiger partial charge in [0.15, 0.2) is 0 Å². The number of amides is 3. The molecule has 124 valence electrons. The van der Waals surface area contributed by atoms with Crippen LogP contribution >= 0.6 is 0 Å². The van der Waals surface area contributed by atoms with Crippen molar-refractivity contribution >= 4 is 27.6 Å². The van der Waals surface area contributed by atoms with Gasteiger partial charge in [-0.15, -0.1) is 0 Å². The van der Waals surface area contributed by atoms with E-state index in [0.29, 0.717) is 5.56 Å². The number of benzene rings is 2. The number of hydrogen-bond donors (Lipinski definition) is 3. The van der Waals surface area contributed by atoms with E-state index in [0.717, 1.165) is 24.3 Å². The lowest BCUT2D eigenvalue weighted by molar-refractivity contribution is -0.120. The molecule has 1 saturated heterocycles. The average molecular weight is 349 g/mol. The van der Waals surface area contributed by atoms with Crippen molar-refractivity contribution in [3.8, 4) is 0 Å². The zero-order valence-electron chi connectivity index (χ0n) is 12.1. The first kappa shape index (κ1) is 15.9. The zero-order chi connectivity index (χ0) is 17.3. The zero-order valence-corrected chi connectivity index (χ0v) is 12.9. The van der Waals surface area contributed by atoms with E-state index < -0.39 is 33.8 Å². The maximum atomic E-state index is 12.9. The van der Waals surface area contributed by atoms with E-state index in [-0.39, 0.29) is 10.6 Å². The molecule has 9 heteroatoms. The van der Waals surface area contributed by atoms with Crippen molar-refractivity contribution in [1.29, 1.82) is 0 Å². The fourth-order valence-electron chi connectivity index (χ4n) is 2.22. The summed E-state index contributed by atoms with van der Waals surface area (Å²) in [5, 5.41) is 4.56. The van der Waals surface area contributed by atoms with Gasteiger partial charge >= 0.3 is 6.03 Å². The summed E-state index contributed by atoms with van der Waals surface area (Å²) in [5.74, 6) is -1.00. The fraction of sp³-hybridized carbons (Fsp3) is 0.0667. The van der Waals surface area contributed by atoms with Crippen LogP contribution < -0.4 is 15.4 Å². The number of sulfonamides is 1. The number of carbonyl (C=O) groups excluding carboxylic acids is 2. The molecule has 0 spiro atoms. The van der Waals surface area contributed by atoms with Crippen molar-refractivity contribution in [1.82, 2.24) is 10.6 Å². The Labute approximate surface area is 136 Å². The number of hydrogen-bond acceptors (Lipinski definition) is 4. The average Bonchev–Trinajstić information content (AvgIpc) is 2.87. The van der Waals surface area contributed by atoms with Crippen LogP contribution in [0, 0.1) is 5.82 Å². The second kappa shape index (κ2) is 5.93. The van der Waals surface area contributed by atoms with Crippen LogP contribution in [0.2, 0.25) is 0 Å². The quantitative estimate of drug-likeness (QED) is 0.728. The van der Waals surface area contributed by atoms with Crippen molar-refractivity contribution in [3.63, 3.8) is 0 Å². The highest BCUT2D eigenvalue weighted by atomic mass is 32.2. The third-order valence-electron chi connectivity index (χ3n) is 3.39. The van der Waals surface area contributed by atoms with Crippen LogP contribution in [0.5, 0.6) is 0 Å². The molecule has 2 aromatic rings. The predicted octanol–water partition coefficient (Wildman–Crippen LogP) is 1.51. The van der Waals surface area contributed by atoms with Crippen LogP contribution in [-0.2, 0) is 14.8 Å². The lowest BCUT2D eigenvalue weighted by Crippen LogP contribution is -2.22. The molecule has 1 atom stereocenters. The molecule has 0 aliphatic carbocycles. The van der Waals surface area contributed by atoms with Crippen LogP contribution in [0.3, 0.4) is 0 Å². The summed E-state index contributed by atoms with van der Waals surface area (Å²) in [7, 11) is -3.85. The molecule has 1 heterocycles. The molecule has 7 nitrogen and oxygen atoms in total. The first-order chi connectivity index (χ1) is 11.3. The molecule has 1 unspecified atom stereocenters. The minimum Gasteiger partial charge on any atom is -0.322 e. The summed E-state index contributed by atoms with van der Waals surface area (Å²) in [6.45, 7) is 0. The van der Waals surface area contributed by atoms with Gasteiger partial charge in [0, 0.05) is 5.69 Å². The molecule has 2 aromatic carbocycles. The van der Waals surface area contributed by atoms with E-state index in [2.05, 4.69) is 15.4 Å². The van der Waals surface area contributed by atoms with Crippen LogP contribution in [0.4, 0.5) is 14.9 Å². The van der Waals surface area contributed by atoms with Crippen molar-refractivity contribution in [2.45, 2.75) is 10.9 Å². The summed E-state index contributed by atoms with van der Waals surface area (Å²) in [6, 6.07) is 9.03. The van der Waals surface area contributed by atoms with Crippen LogP contribution in [0.15, 0.2) is 53.4 Å². The summed E-state index contributed by atoms with van der Waals surface area (Å²) in [6.07, 6.45) is 0. The molecule has 1 aliphatic heterocycles. The predicted molar refractivity (Wildman–Crippen MR) is 83.1 cm³/mol. The first-order valence-corrected chi connectivity index (χ1v) is 8.33. The molecule has 0 radical (unpaired) electrons. The third-order valence-corrected chi connectivity index (χ3v) is 4.79. The number of anilines is 1. The van der Waals surface area contributed by atoms with Gasteiger partial charge in [-0.25, -0.2) is 17.6 Å². The Morgan fingerprint density at radius 3 is 2.12 bits per heavy atom. The van der Waals surface area contributed by atoms with Crippen LogP contribution in [0.25, 0.3) is 0 Å². The van der Waals surface area contributed by atoms with Crippen molar-refractivity contribution in [2.24, 2.45) is 0 Å². The van der Waals surface area contributed by atoms with Gasteiger partial charge in [0.05, 0.1) is 4.90 Å². The smallest absolute Gasteiger partial charge is 0.322 e. The number of imide groups is 1. The van der Waals surface area contributed by atoms with Gasteiger partial charge in [-0.3, -0.25) is 14.8 Å². The molecule has 1 fully saturated rings. The summed E-state index contributed by atoms with van der Waals surface area (Å²) in [4.78, 5) is 22.6. The third kappa shape index (κ3) is 3.20. The van der Waals surface area contributed by atoms with Gasteiger partial charge in [-0.2, -0.15) is 0 Å². The second-order valence-corrected chi connectivity index (χ2v) is 6.76. The highest BCUT2D eigenvalue weighted by Gasteiger charge is 2.30. The minimum atomic E-state index is -3.85. The topological polar surface area (TPSA) is 104 Å². The number of nitrogens with one attached hydrogen (secondary N) is 3. The highest BCUT2D eigenvalue weighted by Crippen LogP contribution is 2.21. The lowest BCUT2D eigenvalue weighted by Gasteiger charge is -2.11. The standard InChI is InChI=1S/C15H12FN3O4S/c16-10-3-7-12(8-4-10)24(22,23)19-11-5-1-9(2-6-11)13-14(20)18-15(21)17-13/h1-8,13,19H,(H2,17,18,20,21). The highest BCUT2D eigenvalue weighted by molar-refractivity contribution is 7.92. The van der Waals surface area contributed by atoms with E-state index in [1.54, 1.807) is 0 Å². The lowest BCUT2D eigenvalue weighted by atomic mass is 10.1. The SMILES string of the molecule is O=C1NC(=O)C(c2ccc(NS(=O)(=O)c3ccc(F)cc3)cc2)N1. The van der Waals surface area contributed by atoms with Gasteiger partial charge < -0.3 is 5.32 Å². The van der Waals surface area contributed by atoms with Gasteiger partial charge in [0.1, 0.15) is 11.9 Å². The van der Waals surface area contributed by atoms with Crippen molar-refractivity contribution < 1.29 is 22.4 Å². The Morgan fingerprint density at radius 1 is 0.958 bits per heavy atom. The van der Waals surface area contributed by atoms with Gasteiger partial charge in [-0.05, 0) is 42.0 Å². The van der Waals surface area contributed by atoms with E-state index in [9.17, 15) is 22.4 Å². The number of halogens is 1. The second-order valence-electron chi connectivity index (χ2n) is 5.08. The van der Waals surface area contributed by atoms with Gasteiger partial charge in [0.25, 0.3) is 15.9 Å². The largest absolute Gasteiger partial charge is 0.322 e. The van der Waals surface area contributed by atoms with E-state index in [1.807, 2.05) is 0 Å². The van der Waals surface area contributed by atoms with E-state index in [4.69, 9.17) is 0 Å². The molecule has 0 saturated carbocycles. The normalized spacial score (nSPS) is 17.3. The Morgan fingerprint density at radius 2 is 1.58 bits per heavy atom. The van der Waals surface area contributed by atoms with Crippen molar-refractivity contribution in [2.75, 3.05) is 4.72 Å². The maximum Gasteiger partial charge on any atom is 0.322 e. The maximum absolute atomic E-state index is 12.9. The minimum absolute atomic E-state index is 0.0737. The molecule has 3 N–H and O–H groups in total. The number of carbonyl (C=O) groups is 2. The van der Waals surface area contributed by atoms with Crippen LogP contribution in [0.1, 0.15) is 11.6 Å². The Kier molecular flexibility index (Phi) is 3.94.